The second-order valence-corrected chi connectivity index (χ2v) is 3.04. The first kappa shape index (κ1) is 5.65. The number of hydrogen-bond donors (Lipinski definition) is 2. The number of piperidine rings is 1. The molecule has 1 heterocycles. The quantitative estimate of drug-likeness (QED) is 0.441. The maximum Gasteiger partial charge on any atom is 0.133 e. The van der Waals surface area contributed by atoms with Crippen molar-refractivity contribution in [3.05, 3.63) is 0 Å². The van der Waals surface area contributed by atoms with E-state index in [1.165, 1.54) is 0 Å². The van der Waals surface area contributed by atoms with Crippen molar-refractivity contribution in [3.8, 4) is 0 Å². The Bertz CT molecular complexity index is 121. The number of rotatable bonds is 0. The van der Waals surface area contributed by atoms with E-state index in [9.17, 15) is 5.11 Å². The molecule has 2 fully saturated rings. The summed E-state index contributed by atoms with van der Waals surface area (Å²) < 4.78 is 0. The zero-order chi connectivity index (χ0) is 6.59. The minimum atomic E-state index is -0.603. The Morgan fingerprint density at radius 2 is 2.11 bits per heavy atom. The van der Waals surface area contributed by atoms with Gasteiger partial charge in [-0.15, -0.1) is 0 Å². The maximum atomic E-state index is 9.19. The highest BCUT2D eigenvalue weighted by molar-refractivity contribution is 5.06. The van der Waals surface area contributed by atoms with Gasteiger partial charge in [-0.2, -0.15) is 0 Å². The van der Waals surface area contributed by atoms with Gasteiger partial charge in [-0.1, -0.05) is 0 Å². The number of hydrogen-bond acceptors (Lipinski definition) is 3. The Balaban J connectivity index is 2.14. The molecule has 2 N–H and O–H groups in total. The van der Waals surface area contributed by atoms with Crippen molar-refractivity contribution in [1.29, 1.82) is 0 Å². The highest BCUT2D eigenvalue weighted by Crippen LogP contribution is 2.45. The van der Waals surface area contributed by atoms with Crippen LogP contribution in [0.15, 0.2) is 0 Å². The van der Waals surface area contributed by atoms with Crippen LogP contribution in [0.25, 0.3) is 0 Å². The van der Waals surface area contributed by atoms with Gasteiger partial charge in [0, 0.05) is 12.0 Å². The van der Waals surface area contributed by atoms with Gasteiger partial charge in [0.25, 0.3) is 0 Å². The van der Waals surface area contributed by atoms with Gasteiger partial charge < -0.3 is 10.2 Å². The number of likely N-dealkylation sites (N-methyl/N-ethyl adjacent to an activating group) is 1. The van der Waals surface area contributed by atoms with Crippen LogP contribution in [0.3, 0.4) is 0 Å². The number of fused-ring (bicyclic) bond motifs is 1. The molecule has 0 radical (unpaired) electrons. The minimum Gasteiger partial charge on any atom is -0.389 e. The van der Waals surface area contributed by atoms with Crippen LogP contribution in [-0.4, -0.2) is 40.5 Å². The van der Waals surface area contributed by atoms with Crippen molar-refractivity contribution in [2.75, 3.05) is 7.05 Å². The average Bonchev–Trinajstić information content (AvgIpc) is 2.56. The molecule has 0 spiro atoms. The molecule has 4 atom stereocenters. The first-order valence-electron chi connectivity index (χ1n) is 3.30. The molecule has 2 aliphatic rings. The first-order chi connectivity index (χ1) is 4.22. The molecule has 0 aromatic heterocycles. The van der Waals surface area contributed by atoms with Crippen molar-refractivity contribution in [1.82, 2.24) is 4.90 Å². The minimum absolute atomic E-state index is 0.366. The number of aliphatic hydroxyl groups is 2. The Kier molecular flexibility index (Phi) is 0.928. The van der Waals surface area contributed by atoms with E-state index in [1.54, 1.807) is 0 Å². The normalized spacial score (nSPS) is 57.7. The van der Waals surface area contributed by atoms with Gasteiger partial charge in [0.15, 0.2) is 0 Å². The zero-order valence-corrected chi connectivity index (χ0v) is 5.36. The van der Waals surface area contributed by atoms with Crippen molar-refractivity contribution < 1.29 is 10.2 Å². The highest BCUT2D eigenvalue weighted by Gasteiger charge is 2.56. The van der Waals surface area contributed by atoms with E-state index in [1.807, 2.05) is 11.9 Å². The molecule has 3 heteroatoms. The lowest BCUT2D eigenvalue weighted by atomic mass is 10.2. The van der Waals surface area contributed by atoms with Gasteiger partial charge in [0.1, 0.15) is 6.23 Å². The van der Waals surface area contributed by atoms with Crippen molar-refractivity contribution in [2.24, 2.45) is 5.92 Å². The summed E-state index contributed by atoms with van der Waals surface area (Å²) in [6.07, 6.45) is -0.0249. The number of nitrogens with zero attached hydrogens (tertiary/aromatic N) is 1. The summed E-state index contributed by atoms with van der Waals surface area (Å²) in [5, 5.41) is 18.3. The van der Waals surface area contributed by atoms with Crippen LogP contribution < -0.4 is 0 Å². The molecular weight excluding hydrogens is 118 g/mol. The molecule has 1 aliphatic carbocycles. The van der Waals surface area contributed by atoms with E-state index >= 15 is 0 Å². The number of likely N-dealkylation sites (tertiary alicyclic amines) is 1. The third-order valence-electron chi connectivity index (χ3n) is 2.49. The molecule has 0 bridgehead atoms. The van der Waals surface area contributed by atoms with E-state index in [4.69, 9.17) is 5.11 Å². The van der Waals surface area contributed by atoms with Crippen molar-refractivity contribution in [3.63, 3.8) is 0 Å². The molecule has 1 saturated carbocycles. The van der Waals surface area contributed by atoms with Crippen LogP contribution in [0, 0.1) is 5.92 Å². The lowest BCUT2D eigenvalue weighted by molar-refractivity contribution is -0.0466. The Morgan fingerprint density at radius 3 is 2.33 bits per heavy atom. The van der Waals surface area contributed by atoms with Crippen LogP contribution in [0.5, 0.6) is 0 Å². The fraction of sp³-hybridized carbons (Fsp3) is 1.00. The Hall–Kier alpha value is -0.120. The lowest BCUT2D eigenvalue weighted by Gasteiger charge is -2.19. The molecular formula is C6H11NO2. The summed E-state index contributed by atoms with van der Waals surface area (Å²) in [7, 11) is 1.85. The highest BCUT2D eigenvalue weighted by atomic mass is 16.3. The summed E-state index contributed by atoms with van der Waals surface area (Å²) in [6, 6.07) is 0.468. The molecule has 0 aromatic carbocycles. The van der Waals surface area contributed by atoms with E-state index in [0.29, 0.717) is 12.0 Å². The van der Waals surface area contributed by atoms with Gasteiger partial charge in [-0.3, -0.25) is 4.90 Å². The van der Waals surface area contributed by atoms with Crippen LogP contribution in [-0.2, 0) is 0 Å². The zero-order valence-electron chi connectivity index (χ0n) is 5.36. The van der Waals surface area contributed by atoms with E-state index in [0.717, 1.165) is 6.42 Å². The fourth-order valence-electron chi connectivity index (χ4n) is 1.69. The van der Waals surface area contributed by atoms with Crippen LogP contribution >= 0.6 is 0 Å². The molecule has 0 amide bonds. The molecule has 52 valence electrons. The predicted octanol–water partition coefficient (Wildman–Crippen LogP) is -1.00. The smallest absolute Gasteiger partial charge is 0.133 e. The van der Waals surface area contributed by atoms with Crippen LogP contribution in [0.2, 0.25) is 0 Å². The first-order valence-corrected chi connectivity index (χ1v) is 3.30. The predicted molar refractivity (Wildman–Crippen MR) is 31.7 cm³/mol. The summed E-state index contributed by atoms with van der Waals surface area (Å²) in [6.45, 7) is 0. The fourth-order valence-corrected chi connectivity index (χ4v) is 1.69. The molecule has 1 saturated heterocycles. The van der Waals surface area contributed by atoms with Gasteiger partial charge in [-0.25, -0.2) is 0 Å². The summed E-state index contributed by atoms with van der Waals surface area (Å²) >= 11 is 0. The average molecular weight is 129 g/mol. The van der Waals surface area contributed by atoms with Gasteiger partial charge >= 0.3 is 0 Å². The third-order valence-corrected chi connectivity index (χ3v) is 2.49. The van der Waals surface area contributed by atoms with E-state index in [2.05, 4.69) is 0 Å². The molecule has 3 nitrogen and oxygen atoms in total. The van der Waals surface area contributed by atoms with Crippen molar-refractivity contribution in [2.45, 2.75) is 24.8 Å². The third kappa shape index (κ3) is 0.569. The second-order valence-electron chi connectivity index (χ2n) is 3.04. The van der Waals surface area contributed by atoms with E-state index < -0.39 is 12.3 Å². The van der Waals surface area contributed by atoms with Crippen molar-refractivity contribution >= 4 is 0 Å². The number of aliphatic hydroxyl groups excluding tert-OH is 2. The SMILES string of the molecule is CN1C(O)C(O)C2CC21. The van der Waals surface area contributed by atoms with Gasteiger partial charge in [0.05, 0.1) is 6.10 Å². The molecule has 1 aliphatic heterocycles. The molecule has 0 aromatic rings. The van der Waals surface area contributed by atoms with Crippen LogP contribution in [0.1, 0.15) is 6.42 Å². The van der Waals surface area contributed by atoms with Gasteiger partial charge in [-0.05, 0) is 13.5 Å². The summed E-state index contributed by atoms with van der Waals surface area (Å²) in [5.74, 6) is 0.366. The molecule has 4 unspecified atom stereocenters. The summed E-state index contributed by atoms with van der Waals surface area (Å²) in [5.41, 5.74) is 0. The van der Waals surface area contributed by atoms with E-state index in [-0.39, 0.29) is 0 Å². The largest absolute Gasteiger partial charge is 0.389 e. The maximum absolute atomic E-state index is 9.19. The lowest BCUT2D eigenvalue weighted by Crippen LogP contribution is -2.35. The standard InChI is InChI=1S/C6H11NO2/c1-7-4-2-3(4)5(8)6(7)9/h3-6,8-9H,2H2,1H3. The van der Waals surface area contributed by atoms with Crippen LogP contribution in [0.4, 0.5) is 0 Å². The Morgan fingerprint density at radius 1 is 1.44 bits per heavy atom. The molecule has 9 heavy (non-hydrogen) atoms. The Labute approximate surface area is 53.9 Å². The summed E-state index contributed by atoms with van der Waals surface area (Å²) in [4.78, 5) is 1.84. The molecule has 2 rings (SSSR count). The topological polar surface area (TPSA) is 43.7 Å². The van der Waals surface area contributed by atoms with Gasteiger partial charge in [0.2, 0.25) is 0 Å². The second kappa shape index (κ2) is 1.48. The monoisotopic (exact) mass is 129 g/mol.